The SMILES string of the molecule is Cc1cccc(Oc2ccc(N)c(Br)c2)c1. The zero-order valence-electron chi connectivity index (χ0n) is 8.91. The van der Waals surface area contributed by atoms with Gasteiger partial charge in [0.15, 0.2) is 0 Å². The van der Waals surface area contributed by atoms with Crippen LogP contribution in [-0.2, 0) is 0 Å². The average Bonchev–Trinajstić information content (AvgIpc) is 2.24. The highest BCUT2D eigenvalue weighted by molar-refractivity contribution is 9.10. The van der Waals surface area contributed by atoms with Gasteiger partial charge in [0.05, 0.1) is 0 Å². The van der Waals surface area contributed by atoms with Gasteiger partial charge < -0.3 is 10.5 Å². The third-order valence-corrected chi connectivity index (χ3v) is 2.88. The van der Waals surface area contributed by atoms with Gasteiger partial charge in [0, 0.05) is 10.2 Å². The Labute approximate surface area is 103 Å². The second kappa shape index (κ2) is 4.58. The molecule has 0 aliphatic carbocycles. The van der Waals surface area contributed by atoms with Crippen LogP contribution in [0.3, 0.4) is 0 Å². The highest BCUT2D eigenvalue weighted by Gasteiger charge is 2.00. The highest BCUT2D eigenvalue weighted by Crippen LogP contribution is 2.28. The first-order valence-corrected chi connectivity index (χ1v) is 5.74. The molecule has 0 amide bonds. The molecule has 0 saturated heterocycles. The molecule has 82 valence electrons. The van der Waals surface area contributed by atoms with Crippen LogP contribution in [0.15, 0.2) is 46.9 Å². The van der Waals surface area contributed by atoms with E-state index in [1.807, 2.05) is 49.4 Å². The van der Waals surface area contributed by atoms with Gasteiger partial charge in [-0.05, 0) is 58.7 Å². The van der Waals surface area contributed by atoms with Crippen LogP contribution in [0, 0.1) is 6.92 Å². The molecule has 0 aliphatic heterocycles. The van der Waals surface area contributed by atoms with Crippen molar-refractivity contribution in [2.45, 2.75) is 6.92 Å². The Bertz CT molecular complexity index is 511. The van der Waals surface area contributed by atoms with Gasteiger partial charge in [-0.15, -0.1) is 0 Å². The lowest BCUT2D eigenvalue weighted by Gasteiger charge is -2.07. The largest absolute Gasteiger partial charge is 0.457 e. The van der Waals surface area contributed by atoms with Gasteiger partial charge in [-0.3, -0.25) is 0 Å². The van der Waals surface area contributed by atoms with E-state index in [2.05, 4.69) is 15.9 Å². The third-order valence-electron chi connectivity index (χ3n) is 2.20. The fraction of sp³-hybridized carbons (Fsp3) is 0.0769. The molecule has 16 heavy (non-hydrogen) atoms. The zero-order valence-corrected chi connectivity index (χ0v) is 10.5. The first-order chi connectivity index (χ1) is 7.65. The van der Waals surface area contributed by atoms with Crippen molar-refractivity contribution in [3.05, 3.63) is 52.5 Å². The molecule has 0 aromatic heterocycles. The number of halogens is 1. The van der Waals surface area contributed by atoms with Crippen molar-refractivity contribution in [2.24, 2.45) is 0 Å². The van der Waals surface area contributed by atoms with Crippen molar-refractivity contribution >= 4 is 21.6 Å². The van der Waals surface area contributed by atoms with Crippen molar-refractivity contribution in [3.8, 4) is 11.5 Å². The number of hydrogen-bond acceptors (Lipinski definition) is 2. The van der Waals surface area contributed by atoms with Crippen molar-refractivity contribution in [1.29, 1.82) is 0 Å². The summed E-state index contributed by atoms with van der Waals surface area (Å²) in [6.45, 7) is 2.03. The number of nitrogens with two attached hydrogens (primary N) is 1. The standard InChI is InChI=1S/C13H12BrNO/c1-9-3-2-4-10(7-9)16-11-5-6-13(15)12(14)8-11/h2-8H,15H2,1H3. The first kappa shape index (κ1) is 11.0. The van der Waals surface area contributed by atoms with E-state index in [4.69, 9.17) is 10.5 Å². The van der Waals surface area contributed by atoms with Crippen LogP contribution >= 0.6 is 15.9 Å². The summed E-state index contributed by atoms with van der Waals surface area (Å²) >= 11 is 3.37. The summed E-state index contributed by atoms with van der Waals surface area (Å²) in [7, 11) is 0. The Morgan fingerprint density at radius 1 is 1.06 bits per heavy atom. The second-order valence-electron chi connectivity index (χ2n) is 3.60. The molecule has 2 rings (SSSR count). The molecule has 0 unspecified atom stereocenters. The van der Waals surface area contributed by atoms with Gasteiger partial charge >= 0.3 is 0 Å². The molecule has 2 aromatic rings. The molecule has 0 spiro atoms. The highest BCUT2D eigenvalue weighted by atomic mass is 79.9. The molecule has 2 aromatic carbocycles. The van der Waals surface area contributed by atoms with Crippen LogP contribution in [0.2, 0.25) is 0 Å². The van der Waals surface area contributed by atoms with Crippen molar-refractivity contribution in [2.75, 3.05) is 5.73 Å². The number of benzene rings is 2. The van der Waals surface area contributed by atoms with Gasteiger partial charge in [0.1, 0.15) is 11.5 Å². The maximum atomic E-state index is 5.71. The quantitative estimate of drug-likeness (QED) is 0.838. The van der Waals surface area contributed by atoms with Crippen LogP contribution < -0.4 is 10.5 Å². The lowest BCUT2D eigenvalue weighted by atomic mass is 10.2. The Kier molecular flexibility index (Phi) is 3.15. The van der Waals surface area contributed by atoms with Crippen LogP contribution in [0.1, 0.15) is 5.56 Å². The number of hydrogen-bond donors (Lipinski definition) is 1. The summed E-state index contributed by atoms with van der Waals surface area (Å²) in [5.41, 5.74) is 7.58. The number of ether oxygens (including phenoxy) is 1. The van der Waals surface area contributed by atoms with E-state index in [0.29, 0.717) is 5.69 Å². The molecule has 0 bridgehead atoms. The van der Waals surface area contributed by atoms with Gasteiger partial charge in [-0.2, -0.15) is 0 Å². The van der Waals surface area contributed by atoms with Crippen LogP contribution in [-0.4, -0.2) is 0 Å². The molecule has 2 N–H and O–H groups in total. The molecule has 0 saturated carbocycles. The molecule has 0 atom stereocenters. The summed E-state index contributed by atoms with van der Waals surface area (Å²) in [6.07, 6.45) is 0. The Hall–Kier alpha value is -1.48. The van der Waals surface area contributed by atoms with Gasteiger partial charge in [-0.1, -0.05) is 12.1 Å². The summed E-state index contributed by atoms with van der Waals surface area (Å²) in [5, 5.41) is 0. The van der Waals surface area contributed by atoms with E-state index in [-0.39, 0.29) is 0 Å². The van der Waals surface area contributed by atoms with Crippen LogP contribution in [0.4, 0.5) is 5.69 Å². The Morgan fingerprint density at radius 2 is 1.81 bits per heavy atom. The molecule has 0 aliphatic rings. The van der Waals surface area contributed by atoms with Gasteiger partial charge in [0.2, 0.25) is 0 Å². The Morgan fingerprint density at radius 3 is 2.50 bits per heavy atom. The Balaban J connectivity index is 2.24. The van der Waals surface area contributed by atoms with Crippen LogP contribution in [0.5, 0.6) is 11.5 Å². The summed E-state index contributed by atoms with van der Waals surface area (Å²) in [4.78, 5) is 0. The second-order valence-corrected chi connectivity index (χ2v) is 4.46. The summed E-state index contributed by atoms with van der Waals surface area (Å²) in [6, 6.07) is 13.4. The van der Waals surface area contributed by atoms with Gasteiger partial charge in [-0.25, -0.2) is 0 Å². The molecule has 0 fully saturated rings. The summed E-state index contributed by atoms with van der Waals surface area (Å²) in [5.74, 6) is 1.60. The first-order valence-electron chi connectivity index (χ1n) is 4.95. The fourth-order valence-electron chi connectivity index (χ4n) is 1.39. The molecule has 0 radical (unpaired) electrons. The minimum atomic E-state index is 0.705. The topological polar surface area (TPSA) is 35.2 Å². The molecular weight excluding hydrogens is 266 g/mol. The maximum Gasteiger partial charge on any atom is 0.128 e. The van der Waals surface area contributed by atoms with Crippen molar-refractivity contribution in [1.82, 2.24) is 0 Å². The third kappa shape index (κ3) is 2.55. The predicted molar refractivity (Wildman–Crippen MR) is 69.8 cm³/mol. The minimum absolute atomic E-state index is 0.705. The lowest BCUT2D eigenvalue weighted by Crippen LogP contribution is -1.88. The summed E-state index contributed by atoms with van der Waals surface area (Å²) < 4.78 is 6.55. The predicted octanol–water partition coefficient (Wildman–Crippen LogP) is 4.13. The lowest BCUT2D eigenvalue weighted by molar-refractivity contribution is 0.482. The number of rotatable bonds is 2. The van der Waals surface area contributed by atoms with E-state index in [0.717, 1.165) is 16.0 Å². The van der Waals surface area contributed by atoms with E-state index >= 15 is 0 Å². The van der Waals surface area contributed by atoms with Crippen molar-refractivity contribution < 1.29 is 4.74 Å². The van der Waals surface area contributed by atoms with Crippen molar-refractivity contribution in [3.63, 3.8) is 0 Å². The minimum Gasteiger partial charge on any atom is -0.457 e. The monoisotopic (exact) mass is 277 g/mol. The molecule has 2 nitrogen and oxygen atoms in total. The van der Waals surface area contributed by atoms with E-state index in [1.165, 1.54) is 5.56 Å². The van der Waals surface area contributed by atoms with E-state index in [1.54, 1.807) is 0 Å². The average molecular weight is 278 g/mol. The van der Waals surface area contributed by atoms with E-state index in [9.17, 15) is 0 Å². The number of anilines is 1. The fourth-order valence-corrected chi connectivity index (χ4v) is 1.74. The number of nitrogen functional groups attached to an aromatic ring is 1. The van der Waals surface area contributed by atoms with E-state index < -0.39 is 0 Å². The maximum absolute atomic E-state index is 5.71. The molecular formula is C13H12BrNO. The van der Waals surface area contributed by atoms with Gasteiger partial charge in [0.25, 0.3) is 0 Å². The number of aryl methyl sites for hydroxylation is 1. The molecule has 3 heteroatoms. The smallest absolute Gasteiger partial charge is 0.128 e. The normalized spacial score (nSPS) is 10.1. The van der Waals surface area contributed by atoms with Crippen LogP contribution in [0.25, 0.3) is 0 Å². The zero-order chi connectivity index (χ0) is 11.5. The molecule has 0 heterocycles.